The van der Waals surface area contributed by atoms with Gasteiger partial charge in [0.05, 0.1) is 5.69 Å². The van der Waals surface area contributed by atoms with E-state index in [0.29, 0.717) is 30.5 Å². The van der Waals surface area contributed by atoms with Gasteiger partial charge in [0.1, 0.15) is 11.6 Å². The average molecular weight is 359 g/mol. The van der Waals surface area contributed by atoms with Crippen LogP contribution < -0.4 is 5.73 Å². The lowest BCUT2D eigenvalue weighted by atomic mass is 9.92. The van der Waals surface area contributed by atoms with Gasteiger partial charge in [0.25, 0.3) is 5.91 Å². The van der Waals surface area contributed by atoms with Crippen LogP contribution in [0.25, 0.3) is 5.69 Å². The van der Waals surface area contributed by atoms with E-state index < -0.39 is 0 Å². The number of amides is 1. The minimum atomic E-state index is -0.351. The molecule has 140 valence electrons. The molecule has 0 radical (unpaired) electrons. The molecule has 1 amide bonds. The molecule has 1 fully saturated rings. The van der Waals surface area contributed by atoms with E-state index in [2.05, 4.69) is 10.1 Å². The van der Waals surface area contributed by atoms with Crippen LogP contribution in [0, 0.1) is 11.7 Å². The summed E-state index contributed by atoms with van der Waals surface area (Å²) in [5.41, 5.74) is 6.58. The van der Waals surface area contributed by atoms with E-state index in [9.17, 15) is 9.18 Å². The van der Waals surface area contributed by atoms with E-state index in [0.717, 1.165) is 12.8 Å². The Kier molecular flexibility index (Phi) is 5.36. The normalized spacial score (nSPS) is 19.0. The first-order valence-corrected chi connectivity index (χ1v) is 9.14. The molecule has 6 nitrogen and oxygen atoms in total. The van der Waals surface area contributed by atoms with Crippen LogP contribution in [-0.4, -0.2) is 44.7 Å². The Balaban J connectivity index is 1.91. The predicted molar refractivity (Wildman–Crippen MR) is 97.7 cm³/mol. The van der Waals surface area contributed by atoms with E-state index >= 15 is 0 Å². The number of piperidine rings is 1. The van der Waals surface area contributed by atoms with Crippen molar-refractivity contribution < 1.29 is 9.18 Å². The van der Waals surface area contributed by atoms with Crippen LogP contribution in [0.2, 0.25) is 0 Å². The Morgan fingerprint density at radius 1 is 1.35 bits per heavy atom. The maximum atomic E-state index is 13.6. The van der Waals surface area contributed by atoms with Gasteiger partial charge in [0.15, 0.2) is 0 Å². The van der Waals surface area contributed by atoms with Gasteiger partial charge in [-0.3, -0.25) is 4.79 Å². The van der Waals surface area contributed by atoms with Crippen molar-refractivity contribution in [3.05, 3.63) is 41.7 Å². The lowest BCUT2D eigenvalue weighted by Crippen LogP contribution is -2.45. The third-order valence-electron chi connectivity index (χ3n) is 4.88. The third-order valence-corrected chi connectivity index (χ3v) is 4.88. The topological polar surface area (TPSA) is 77.0 Å². The highest BCUT2D eigenvalue weighted by Crippen LogP contribution is 2.22. The second-order valence-electron chi connectivity index (χ2n) is 7.35. The fourth-order valence-electron chi connectivity index (χ4n) is 3.35. The highest BCUT2D eigenvalue weighted by Gasteiger charge is 2.29. The summed E-state index contributed by atoms with van der Waals surface area (Å²) in [6.07, 6.45) is 1.96. The van der Waals surface area contributed by atoms with Crippen LogP contribution in [0.15, 0.2) is 24.3 Å². The monoisotopic (exact) mass is 359 g/mol. The van der Waals surface area contributed by atoms with Gasteiger partial charge in [-0.1, -0.05) is 19.9 Å². The Bertz CT molecular complexity index is 786. The van der Waals surface area contributed by atoms with E-state index in [1.807, 2.05) is 20.8 Å². The van der Waals surface area contributed by atoms with Gasteiger partial charge in [-0.25, -0.2) is 14.1 Å². The molecule has 0 saturated carbocycles. The van der Waals surface area contributed by atoms with Gasteiger partial charge >= 0.3 is 0 Å². The van der Waals surface area contributed by atoms with Crippen molar-refractivity contribution in [1.29, 1.82) is 0 Å². The van der Waals surface area contributed by atoms with Crippen molar-refractivity contribution in [3.63, 3.8) is 0 Å². The molecule has 1 saturated heterocycles. The zero-order chi connectivity index (χ0) is 18.8. The molecule has 1 aromatic heterocycles. The van der Waals surface area contributed by atoms with Crippen LogP contribution >= 0.6 is 0 Å². The molecular formula is C19H26FN5O. The number of carbonyl (C=O) groups is 1. The number of hydrogen-bond donors (Lipinski definition) is 1. The smallest absolute Gasteiger partial charge is 0.293 e. The van der Waals surface area contributed by atoms with E-state index in [1.54, 1.807) is 21.7 Å². The summed E-state index contributed by atoms with van der Waals surface area (Å²) in [4.78, 5) is 19.2. The Hall–Kier alpha value is -2.28. The van der Waals surface area contributed by atoms with Gasteiger partial charge in [0, 0.05) is 25.0 Å². The number of benzene rings is 1. The Labute approximate surface area is 153 Å². The third kappa shape index (κ3) is 3.77. The van der Waals surface area contributed by atoms with Gasteiger partial charge in [-0.15, -0.1) is 5.10 Å². The highest BCUT2D eigenvalue weighted by atomic mass is 19.1. The molecule has 2 heterocycles. The number of likely N-dealkylation sites (tertiary alicyclic amines) is 1. The maximum absolute atomic E-state index is 13.6. The zero-order valence-corrected chi connectivity index (χ0v) is 15.5. The quantitative estimate of drug-likeness (QED) is 0.911. The summed E-state index contributed by atoms with van der Waals surface area (Å²) in [5.74, 6) is 0.597. The number of rotatable bonds is 4. The molecule has 2 atom stereocenters. The summed E-state index contributed by atoms with van der Waals surface area (Å²) in [5, 5.41) is 4.40. The summed E-state index contributed by atoms with van der Waals surface area (Å²) >= 11 is 0. The van der Waals surface area contributed by atoms with Crippen molar-refractivity contribution in [3.8, 4) is 5.69 Å². The van der Waals surface area contributed by atoms with Gasteiger partial charge in [-0.2, -0.15) is 0 Å². The van der Waals surface area contributed by atoms with E-state index in [-0.39, 0.29) is 29.5 Å². The summed E-state index contributed by atoms with van der Waals surface area (Å²) in [7, 11) is 0. The van der Waals surface area contributed by atoms with E-state index in [4.69, 9.17) is 5.73 Å². The minimum Gasteiger partial charge on any atom is -0.336 e. The second-order valence-corrected chi connectivity index (χ2v) is 7.35. The van der Waals surface area contributed by atoms with Crippen LogP contribution in [0.3, 0.4) is 0 Å². The molecule has 1 aliphatic rings. The molecular weight excluding hydrogens is 333 g/mol. The van der Waals surface area contributed by atoms with Gasteiger partial charge in [-0.05, 0) is 43.9 Å². The molecule has 0 aliphatic carbocycles. The number of hydrogen-bond acceptors (Lipinski definition) is 4. The summed E-state index contributed by atoms with van der Waals surface area (Å²) in [6, 6.07) is 6.20. The second kappa shape index (κ2) is 7.53. The van der Waals surface area contributed by atoms with Crippen LogP contribution in [0.1, 0.15) is 56.0 Å². The molecule has 0 bridgehead atoms. The fraction of sp³-hybridized carbons (Fsp3) is 0.526. The van der Waals surface area contributed by atoms with E-state index in [1.165, 1.54) is 12.1 Å². The van der Waals surface area contributed by atoms with Crippen LogP contribution in [0.5, 0.6) is 0 Å². The Morgan fingerprint density at radius 3 is 2.77 bits per heavy atom. The van der Waals surface area contributed by atoms with Gasteiger partial charge < -0.3 is 10.6 Å². The number of nitrogens with two attached hydrogens (primary N) is 1. The Morgan fingerprint density at radius 2 is 2.12 bits per heavy atom. The molecule has 3 rings (SSSR count). The summed E-state index contributed by atoms with van der Waals surface area (Å²) < 4.78 is 15.2. The van der Waals surface area contributed by atoms with Crippen LogP contribution in [0.4, 0.5) is 4.39 Å². The fourth-order valence-corrected chi connectivity index (χ4v) is 3.35. The number of halogens is 1. The first-order valence-electron chi connectivity index (χ1n) is 9.14. The zero-order valence-electron chi connectivity index (χ0n) is 15.5. The molecule has 7 heteroatoms. The lowest BCUT2D eigenvalue weighted by molar-refractivity contribution is 0.0648. The van der Waals surface area contributed by atoms with Crippen molar-refractivity contribution in [2.75, 3.05) is 13.1 Å². The van der Waals surface area contributed by atoms with Crippen molar-refractivity contribution in [2.45, 2.75) is 45.6 Å². The lowest BCUT2D eigenvalue weighted by Gasteiger charge is -2.33. The molecule has 2 N–H and O–H groups in total. The molecule has 1 aromatic carbocycles. The van der Waals surface area contributed by atoms with Crippen molar-refractivity contribution in [1.82, 2.24) is 19.7 Å². The number of carbonyl (C=O) groups excluding carboxylic acids is 1. The predicted octanol–water partition coefficient (Wildman–Crippen LogP) is 2.73. The molecule has 26 heavy (non-hydrogen) atoms. The molecule has 1 aliphatic heterocycles. The van der Waals surface area contributed by atoms with Crippen LogP contribution in [-0.2, 0) is 0 Å². The summed E-state index contributed by atoms with van der Waals surface area (Å²) in [6.45, 7) is 7.24. The van der Waals surface area contributed by atoms with Crippen molar-refractivity contribution >= 4 is 5.91 Å². The standard InChI is InChI=1S/C19H26FN5O/c1-12(2)18-22-17(23-25(18)16-8-4-7-15(20)10-16)19(26)24-9-5-6-14(11-24)13(3)21/h4,7-8,10,12-14H,5-6,9,11,21H2,1-3H3. The maximum Gasteiger partial charge on any atom is 0.293 e. The number of aromatic nitrogens is 3. The first-order chi connectivity index (χ1) is 12.4. The average Bonchev–Trinajstić information content (AvgIpc) is 3.07. The number of nitrogens with zero attached hydrogens (tertiary/aromatic N) is 4. The molecule has 0 spiro atoms. The SMILES string of the molecule is CC(C)c1nc(C(=O)N2CCCC(C(C)N)C2)nn1-c1cccc(F)c1. The van der Waals surface area contributed by atoms with Gasteiger partial charge in [0.2, 0.25) is 5.82 Å². The first kappa shape index (κ1) is 18.5. The highest BCUT2D eigenvalue weighted by molar-refractivity contribution is 5.90. The van der Waals surface area contributed by atoms with Crippen molar-refractivity contribution in [2.24, 2.45) is 11.7 Å². The minimum absolute atomic E-state index is 0.0467. The molecule has 2 aromatic rings. The molecule has 2 unspecified atom stereocenters. The largest absolute Gasteiger partial charge is 0.336 e.